The van der Waals surface area contributed by atoms with Gasteiger partial charge in [0.15, 0.2) is 0 Å². The van der Waals surface area contributed by atoms with Crippen LogP contribution in [0.5, 0.6) is 0 Å². The summed E-state index contributed by atoms with van der Waals surface area (Å²) in [6.07, 6.45) is 7.96. The van der Waals surface area contributed by atoms with Gasteiger partial charge in [0.2, 0.25) is 0 Å². The Morgan fingerprint density at radius 1 is 1.16 bits per heavy atom. The lowest BCUT2D eigenvalue weighted by Gasteiger charge is -2.32. The highest BCUT2D eigenvalue weighted by Gasteiger charge is 2.20. The monoisotopic (exact) mass is 257 g/mol. The second kappa shape index (κ2) is 5.40. The van der Waals surface area contributed by atoms with Crippen molar-refractivity contribution in [2.75, 3.05) is 18.8 Å². The van der Waals surface area contributed by atoms with E-state index in [0.29, 0.717) is 11.9 Å². The zero-order chi connectivity index (χ0) is 13.1. The summed E-state index contributed by atoms with van der Waals surface area (Å²) in [6.45, 7) is 3.22. The van der Waals surface area contributed by atoms with Crippen molar-refractivity contribution in [2.24, 2.45) is 0 Å². The van der Waals surface area contributed by atoms with Crippen LogP contribution in [0.4, 0.5) is 5.82 Å². The van der Waals surface area contributed by atoms with E-state index in [1.54, 1.807) is 0 Å². The third-order valence-corrected chi connectivity index (χ3v) is 3.72. The second-order valence-corrected chi connectivity index (χ2v) is 5.08. The molecule has 5 heteroatoms. The average molecular weight is 257 g/mol. The highest BCUT2D eigenvalue weighted by Crippen LogP contribution is 2.23. The molecule has 0 aromatic carbocycles. The summed E-state index contributed by atoms with van der Waals surface area (Å²) in [5.41, 5.74) is 7.00. The Bertz CT molecular complexity index is 514. The topological polar surface area (TPSA) is 60.0 Å². The van der Waals surface area contributed by atoms with Gasteiger partial charge >= 0.3 is 0 Å². The number of hydrogen-bond donors (Lipinski definition) is 1. The lowest BCUT2D eigenvalue weighted by Crippen LogP contribution is -2.34. The van der Waals surface area contributed by atoms with Crippen molar-refractivity contribution in [3.8, 4) is 0 Å². The van der Waals surface area contributed by atoms with Crippen LogP contribution in [0, 0.1) is 0 Å². The molecule has 2 aromatic rings. The molecule has 1 fully saturated rings. The number of rotatable bonds is 3. The van der Waals surface area contributed by atoms with Crippen LogP contribution in [0.15, 0.2) is 36.8 Å². The van der Waals surface area contributed by atoms with Gasteiger partial charge in [-0.3, -0.25) is 14.6 Å². The molecule has 0 atom stereocenters. The molecule has 0 bridgehead atoms. The first-order valence-corrected chi connectivity index (χ1v) is 6.73. The standard InChI is InChI=1S/C14H19N5/c15-14-5-10-19(17-14)13-3-8-18(9-4-13)11-12-1-6-16-7-2-12/h1-2,5-7,10,13H,3-4,8-9,11H2,(H2,15,17). The highest BCUT2D eigenvalue weighted by atomic mass is 15.3. The number of pyridine rings is 1. The SMILES string of the molecule is Nc1ccn(C2CCN(Cc3ccncc3)CC2)n1. The molecule has 3 rings (SSSR count). The van der Waals surface area contributed by atoms with Gasteiger partial charge in [-0.05, 0) is 36.6 Å². The fourth-order valence-electron chi connectivity index (χ4n) is 2.64. The molecule has 1 saturated heterocycles. The summed E-state index contributed by atoms with van der Waals surface area (Å²) >= 11 is 0. The van der Waals surface area contributed by atoms with E-state index in [1.165, 1.54) is 5.56 Å². The van der Waals surface area contributed by atoms with Gasteiger partial charge in [0.05, 0.1) is 6.04 Å². The molecule has 1 aliphatic rings. The van der Waals surface area contributed by atoms with E-state index in [1.807, 2.05) is 29.3 Å². The number of likely N-dealkylation sites (tertiary alicyclic amines) is 1. The Morgan fingerprint density at radius 2 is 1.89 bits per heavy atom. The number of piperidine rings is 1. The van der Waals surface area contributed by atoms with Gasteiger partial charge in [-0.25, -0.2) is 0 Å². The smallest absolute Gasteiger partial charge is 0.145 e. The van der Waals surface area contributed by atoms with E-state index in [0.717, 1.165) is 32.5 Å². The third kappa shape index (κ3) is 2.93. The van der Waals surface area contributed by atoms with Crippen LogP contribution < -0.4 is 5.73 Å². The summed E-state index contributed by atoms with van der Waals surface area (Å²) in [7, 11) is 0. The van der Waals surface area contributed by atoms with Crippen LogP contribution in [0.2, 0.25) is 0 Å². The minimum atomic E-state index is 0.492. The second-order valence-electron chi connectivity index (χ2n) is 5.08. The maximum atomic E-state index is 5.67. The molecular weight excluding hydrogens is 238 g/mol. The maximum absolute atomic E-state index is 5.67. The third-order valence-electron chi connectivity index (χ3n) is 3.72. The van der Waals surface area contributed by atoms with E-state index in [2.05, 4.69) is 27.1 Å². The first-order chi connectivity index (χ1) is 9.31. The number of nitrogens with two attached hydrogens (primary N) is 1. The molecule has 1 aliphatic heterocycles. The molecule has 5 nitrogen and oxygen atoms in total. The van der Waals surface area contributed by atoms with E-state index in [9.17, 15) is 0 Å². The number of anilines is 1. The first-order valence-electron chi connectivity index (χ1n) is 6.73. The van der Waals surface area contributed by atoms with E-state index in [4.69, 9.17) is 5.73 Å². The van der Waals surface area contributed by atoms with Gasteiger partial charge in [-0.2, -0.15) is 5.10 Å². The molecule has 2 N–H and O–H groups in total. The van der Waals surface area contributed by atoms with E-state index in [-0.39, 0.29) is 0 Å². The van der Waals surface area contributed by atoms with Gasteiger partial charge in [0, 0.05) is 38.2 Å². The summed E-state index contributed by atoms with van der Waals surface area (Å²) in [5.74, 6) is 0.610. The minimum absolute atomic E-state index is 0.492. The zero-order valence-corrected chi connectivity index (χ0v) is 10.9. The summed E-state index contributed by atoms with van der Waals surface area (Å²) in [4.78, 5) is 6.54. The van der Waals surface area contributed by atoms with Crippen LogP contribution in [0.25, 0.3) is 0 Å². The molecule has 0 amide bonds. The van der Waals surface area contributed by atoms with Crippen LogP contribution in [-0.2, 0) is 6.54 Å². The van der Waals surface area contributed by atoms with Crippen molar-refractivity contribution < 1.29 is 0 Å². The normalized spacial score (nSPS) is 17.7. The average Bonchev–Trinajstić information content (AvgIpc) is 2.87. The number of nitrogens with zero attached hydrogens (tertiary/aromatic N) is 4. The van der Waals surface area contributed by atoms with Crippen LogP contribution >= 0.6 is 0 Å². The Morgan fingerprint density at radius 3 is 2.53 bits per heavy atom. The fourth-order valence-corrected chi connectivity index (χ4v) is 2.64. The van der Waals surface area contributed by atoms with Crippen molar-refractivity contribution in [1.29, 1.82) is 0 Å². The number of hydrogen-bond acceptors (Lipinski definition) is 4. The number of nitrogen functional groups attached to an aromatic ring is 1. The Labute approximate surface area is 113 Å². The minimum Gasteiger partial charge on any atom is -0.382 e. The molecule has 3 heterocycles. The molecule has 0 radical (unpaired) electrons. The van der Waals surface area contributed by atoms with Crippen LogP contribution in [0.1, 0.15) is 24.4 Å². The van der Waals surface area contributed by atoms with Crippen LogP contribution in [0.3, 0.4) is 0 Å². The predicted octanol–water partition coefficient (Wildman–Crippen LogP) is 1.70. The molecule has 100 valence electrons. The largest absolute Gasteiger partial charge is 0.382 e. The maximum Gasteiger partial charge on any atom is 0.145 e. The predicted molar refractivity (Wildman–Crippen MR) is 74.4 cm³/mol. The summed E-state index contributed by atoms with van der Waals surface area (Å²) in [6, 6.07) is 6.52. The van der Waals surface area contributed by atoms with Crippen molar-refractivity contribution in [3.63, 3.8) is 0 Å². The van der Waals surface area contributed by atoms with Gasteiger partial charge in [0.1, 0.15) is 5.82 Å². The Kier molecular flexibility index (Phi) is 3.46. The first kappa shape index (κ1) is 12.2. The summed E-state index contributed by atoms with van der Waals surface area (Å²) in [5, 5.41) is 4.31. The van der Waals surface area contributed by atoms with Gasteiger partial charge in [-0.15, -0.1) is 0 Å². The Balaban J connectivity index is 1.55. The molecule has 19 heavy (non-hydrogen) atoms. The lowest BCUT2D eigenvalue weighted by molar-refractivity contribution is 0.173. The van der Waals surface area contributed by atoms with E-state index >= 15 is 0 Å². The quantitative estimate of drug-likeness (QED) is 0.909. The zero-order valence-electron chi connectivity index (χ0n) is 10.9. The van der Waals surface area contributed by atoms with Crippen molar-refractivity contribution in [2.45, 2.75) is 25.4 Å². The molecular formula is C14H19N5. The number of aromatic nitrogens is 3. The fraction of sp³-hybridized carbons (Fsp3) is 0.429. The van der Waals surface area contributed by atoms with Crippen molar-refractivity contribution in [3.05, 3.63) is 42.4 Å². The summed E-state index contributed by atoms with van der Waals surface area (Å²) < 4.78 is 2.01. The molecule has 0 spiro atoms. The Hall–Kier alpha value is -1.88. The molecule has 2 aromatic heterocycles. The van der Waals surface area contributed by atoms with Crippen molar-refractivity contribution >= 4 is 5.82 Å². The molecule has 0 unspecified atom stereocenters. The lowest BCUT2D eigenvalue weighted by atomic mass is 10.0. The van der Waals surface area contributed by atoms with Crippen LogP contribution in [-0.4, -0.2) is 32.8 Å². The van der Waals surface area contributed by atoms with Gasteiger partial charge < -0.3 is 5.73 Å². The van der Waals surface area contributed by atoms with E-state index < -0.39 is 0 Å². The highest BCUT2D eigenvalue weighted by molar-refractivity contribution is 5.24. The molecule has 0 aliphatic carbocycles. The molecule has 0 saturated carbocycles. The van der Waals surface area contributed by atoms with Gasteiger partial charge in [0.25, 0.3) is 0 Å². The van der Waals surface area contributed by atoms with Crippen molar-refractivity contribution in [1.82, 2.24) is 19.7 Å². The van der Waals surface area contributed by atoms with Gasteiger partial charge in [-0.1, -0.05) is 0 Å².